The molecule has 0 radical (unpaired) electrons. The van der Waals surface area contributed by atoms with E-state index in [1.165, 1.54) is 12.8 Å². The Labute approximate surface area is 123 Å². The van der Waals surface area contributed by atoms with Gasteiger partial charge in [0.1, 0.15) is 0 Å². The molecule has 116 valence electrons. The van der Waals surface area contributed by atoms with Crippen LogP contribution < -0.4 is 16.4 Å². The first-order valence-electron chi connectivity index (χ1n) is 8.17. The number of nitrogens with two attached hydrogens (primary N) is 1. The molecule has 3 atom stereocenters. The fourth-order valence-corrected chi connectivity index (χ4v) is 4.08. The SMILES string of the molecule is CC(C)CC(C)(CN)NC(=O)CC1CC2CCC(C1)N2. The van der Waals surface area contributed by atoms with Crippen molar-refractivity contribution < 1.29 is 4.79 Å². The molecule has 20 heavy (non-hydrogen) atoms. The lowest BCUT2D eigenvalue weighted by atomic mass is 9.87. The van der Waals surface area contributed by atoms with Gasteiger partial charge in [0, 0.05) is 30.6 Å². The van der Waals surface area contributed by atoms with Crippen LogP contribution in [-0.4, -0.2) is 30.1 Å². The van der Waals surface area contributed by atoms with Crippen molar-refractivity contribution in [1.82, 2.24) is 10.6 Å². The molecule has 2 fully saturated rings. The number of fused-ring (bicyclic) bond motifs is 2. The Hall–Kier alpha value is -0.610. The molecule has 4 N–H and O–H groups in total. The molecule has 2 aliphatic rings. The molecule has 0 aromatic carbocycles. The van der Waals surface area contributed by atoms with E-state index < -0.39 is 0 Å². The summed E-state index contributed by atoms with van der Waals surface area (Å²) in [6.45, 7) is 6.92. The standard InChI is InChI=1S/C16H31N3O/c1-11(2)9-16(3,10-17)19-15(20)8-12-6-13-4-5-14(7-12)18-13/h11-14,18H,4-10,17H2,1-3H3,(H,19,20). The van der Waals surface area contributed by atoms with Crippen LogP contribution in [0.2, 0.25) is 0 Å². The number of hydrogen-bond acceptors (Lipinski definition) is 3. The summed E-state index contributed by atoms with van der Waals surface area (Å²) >= 11 is 0. The third-order valence-electron chi connectivity index (χ3n) is 4.80. The van der Waals surface area contributed by atoms with E-state index in [1.807, 2.05) is 0 Å². The van der Waals surface area contributed by atoms with Crippen LogP contribution in [0.3, 0.4) is 0 Å². The van der Waals surface area contributed by atoms with E-state index in [0.717, 1.165) is 19.3 Å². The van der Waals surface area contributed by atoms with Gasteiger partial charge in [-0.1, -0.05) is 13.8 Å². The van der Waals surface area contributed by atoms with Crippen molar-refractivity contribution in [3.05, 3.63) is 0 Å². The molecule has 2 rings (SSSR count). The highest BCUT2D eigenvalue weighted by molar-refractivity contribution is 5.77. The average molecular weight is 281 g/mol. The van der Waals surface area contributed by atoms with Gasteiger partial charge >= 0.3 is 0 Å². The molecule has 2 heterocycles. The molecule has 4 heteroatoms. The summed E-state index contributed by atoms with van der Waals surface area (Å²) in [5.41, 5.74) is 5.61. The van der Waals surface area contributed by atoms with Gasteiger partial charge in [0.25, 0.3) is 0 Å². The molecule has 2 aliphatic heterocycles. The quantitative estimate of drug-likeness (QED) is 0.695. The van der Waals surface area contributed by atoms with Gasteiger partial charge in [0.05, 0.1) is 0 Å². The van der Waals surface area contributed by atoms with Gasteiger partial charge in [0.15, 0.2) is 0 Å². The van der Waals surface area contributed by atoms with E-state index in [2.05, 4.69) is 31.4 Å². The Kier molecular flexibility index (Phi) is 5.08. The number of hydrogen-bond donors (Lipinski definition) is 3. The predicted molar refractivity (Wildman–Crippen MR) is 82.3 cm³/mol. The van der Waals surface area contributed by atoms with Crippen molar-refractivity contribution in [3.63, 3.8) is 0 Å². The van der Waals surface area contributed by atoms with Gasteiger partial charge in [-0.2, -0.15) is 0 Å². The average Bonchev–Trinajstić information content (AvgIpc) is 2.67. The van der Waals surface area contributed by atoms with E-state index in [1.54, 1.807) is 0 Å². The molecular formula is C16H31N3O. The number of rotatable bonds is 6. The Morgan fingerprint density at radius 1 is 1.35 bits per heavy atom. The molecule has 0 spiro atoms. The third kappa shape index (κ3) is 4.19. The Balaban J connectivity index is 1.82. The first kappa shape index (κ1) is 15.8. The van der Waals surface area contributed by atoms with Crippen molar-refractivity contribution >= 4 is 5.91 Å². The molecule has 2 saturated heterocycles. The third-order valence-corrected chi connectivity index (χ3v) is 4.80. The zero-order valence-corrected chi connectivity index (χ0v) is 13.2. The Morgan fingerprint density at radius 3 is 2.45 bits per heavy atom. The molecular weight excluding hydrogens is 250 g/mol. The smallest absolute Gasteiger partial charge is 0.220 e. The fraction of sp³-hybridized carbons (Fsp3) is 0.938. The van der Waals surface area contributed by atoms with Gasteiger partial charge in [-0.05, 0) is 50.9 Å². The highest BCUT2D eigenvalue weighted by atomic mass is 16.1. The summed E-state index contributed by atoms with van der Waals surface area (Å²) in [4.78, 5) is 12.3. The second-order valence-corrected chi connectivity index (χ2v) is 7.59. The highest BCUT2D eigenvalue weighted by Crippen LogP contribution is 2.32. The number of piperidine rings is 1. The summed E-state index contributed by atoms with van der Waals surface area (Å²) in [6.07, 6.45) is 6.50. The summed E-state index contributed by atoms with van der Waals surface area (Å²) in [5.74, 6) is 1.28. The van der Waals surface area contributed by atoms with E-state index in [4.69, 9.17) is 5.73 Å². The maximum Gasteiger partial charge on any atom is 0.220 e. The first-order valence-corrected chi connectivity index (χ1v) is 8.17. The number of carbonyl (C=O) groups is 1. The lowest BCUT2D eigenvalue weighted by molar-refractivity contribution is -0.124. The minimum atomic E-state index is -0.253. The zero-order valence-electron chi connectivity index (χ0n) is 13.2. The second-order valence-electron chi connectivity index (χ2n) is 7.59. The van der Waals surface area contributed by atoms with E-state index in [9.17, 15) is 4.79 Å². The molecule has 0 aromatic heterocycles. The van der Waals surface area contributed by atoms with E-state index in [0.29, 0.717) is 36.9 Å². The predicted octanol–water partition coefficient (Wildman–Crippen LogP) is 1.79. The van der Waals surface area contributed by atoms with Crippen LogP contribution >= 0.6 is 0 Å². The van der Waals surface area contributed by atoms with Gasteiger partial charge in [0.2, 0.25) is 5.91 Å². The minimum absolute atomic E-state index is 0.185. The number of carbonyl (C=O) groups excluding carboxylic acids is 1. The van der Waals surface area contributed by atoms with Crippen LogP contribution in [-0.2, 0) is 4.79 Å². The highest BCUT2D eigenvalue weighted by Gasteiger charge is 2.35. The van der Waals surface area contributed by atoms with Gasteiger partial charge in [-0.3, -0.25) is 4.79 Å². The van der Waals surface area contributed by atoms with Gasteiger partial charge < -0.3 is 16.4 Å². The molecule has 0 aliphatic carbocycles. The monoisotopic (exact) mass is 281 g/mol. The van der Waals surface area contributed by atoms with Crippen molar-refractivity contribution in [3.8, 4) is 0 Å². The molecule has 2 bridgehead atoms. The van der Waals surface area contributed by atoms with Crippen molar-refractivity contribution in [2.45, 2.75) is 76.9 Å². The Morgan fingerprint density at radius 2 is 1.95 bits per heavy atom. The maximum atomic E-state index is 12.3. The molecule has 4 nitrogen and oxygen atoms in total. The summed E-state index contributed by atoms with van der Waals surface area (Å²) in [6, 6.07) is 1.31. The fourth-order valence-electron chi connectivity index (χ4n) is 4.08. The molecule has 1 amide bonds. The van der Waals surface area contributed by atoms with E-state index >= 15 is 0 Å². The van der Waals surface area contributed by atoms with Crippen LogP contribution in [0, 0.1) is 11.8 Å². The second kappa shape index (κ2) is 6.44. The van der Waals surface area contributed by atoms with Crippen LogP contribution in [0.4, 0.5) is 0 Å². The maximum absolute atomic E-state index is 12.3. The first-order chi connectivity index (χ1) is 9.40. The molecule has 0 saturated carbocycles. The Bertz CT molecular complexity index is 333. The van der Waals surface area contributed by atoms with Crippen LogP contribution in [0.1, 0.15) is 59.3 Å². The normalized spacial score (nSPS) is 32.1. The van der Waals surface area contributed by atoms with Crippen molar-refractivity contribution in [2.75, 3.05) is 6.54 Å². The minimum Gasteiger partial charge on any atom is -0.350 e. The zero-order chi connectivity index (χ0) is 14.8. The number of amides is 1. The molecule has 3 unspecified atom stereocenters. The number of nitrogens with one attached hydrogen (secondary N) is 2. The van der Waals surface area contributed by atoms with Crippen LogP contribution in [0.5, 0.6) is 0 Å². The topological polar surface area (TPSA) is 67.1 Å². The van der Waals surface area contributed by atoms with Crippen LogP contribution in [0.15, 0.2) is 0 Å². The summed E-state index contributed by atoms with van der Waals surface area (Å²) < 4.78 is 0. The van der Waals surface area contributed by atoms with Crippen LogP contribution in [0.25, 0.3) is 0 Å². The van der Waals surface area contributed by atoms with E-state index in [-0.39, 0.29) is 11.4 Å². The van der Waals surface area contributed by atoms with Crippen molar-refractivity contribution in [2.24, 2.45) is 17.6 Å². The largest absolute Gasteiger partial charge is 0.350 e. The van der Waals surface area contributed by atoms with Gasteiger partial charge in [-0.15, -0.1) is 0 Å². The lowest BCUT2D eigenvalue weighted by Crippen LogP contribution is -2.52. The molecule has 0 aromatic rings. The van der Waals surface area contributed by atoms with Crippen molar-refractivity contribution in [1.29, 1.82) is 0 Å². The lowest BCUT2D eigenvalue weighted by Gasteiger charge is -2.33. The summed E-state index contributed by atoms with van der Waals surface area (Å²) in [5, 5.41) is 6.81. The summed E-state index contributed by atoms with van der Waals surface area (Å²) in [7, 11) is 0. The van der Waals surface area contributed by atoms with Gasteiger partial charge in [-0.25, -0.2) is 0 Å².